The van der Waals surface area contributed by atoms with Crippen LogP contribution < -0.4 is 0 Å². The van der Waals surface area contributed by atoms with Crippen molar-refractivity contribution in [3.05, 3.63) is 0 Å². The summed E-state index contributed by atoms with van der Waals surface area (Å²) >= 11 is 0. The van der Waals surface area contributed by atoms with Crippen molar-refractivity contribution < 1.29 is 14.7 Å². The number of aliphatic carboxylic acids is 1. The SMILES string of the molecule is CCCCCCCCCC(=O)N1CC(C(C)C(=O)O)C1. The molecule has 1 saturated heterocycles. The van der Waals surface area contributed by atoms with Gasteiger partial charge < -0.3 is 10.0 Å². The number of nitrogens with zero attached hydrogens (tertiary/aromatic N) is 1. The highest BCUT2D eigenvalue weighted by Gasteiger charge is 2.36. The fourth-order valence-corrected chi connectivity index (χ4v) is 2.63. The van der Waals surface area contributed by atoms with Gasteiger partial charge in [0.05, 0.1) is 5.92 Å². The van der Waals surface area contributed by atoms with Gasteiger partial charge in [-0.05, 0) is 6.42 Å². The number of unbranched alkanes of at least 4 members (excludes halogenated alkanes) is 6. The predicted molar refractivity (Wildman–Crippen MR) is 79.5 cm³/mol. The molecule has 0 saturated carbocycles. The highest BCUT2D eigenvalue weighted by Crippen LogP contribution is 2.25. The zero-order valence-corrected chi connectivity index (χ0v) is 12.9. The lowest BCUT2D eigenvalue weighted by molar-refractivity contribution is -0.150. The molecule has 1 rings (SSSR count). The molecule has 0 aromatic heterocycles. The van der Waals surface area contributed by atoms with Crippen molar-refractivity contribution in [3.8, 4) is 0 Å². The second-order valence-electron chi connectivity index (χ2n) is 6.06. The summed E-state index contributed by atoms with van der Waals surface area (Å²) in [4.78, 5) is 24.5. The number of hydrogen-bond donors (Lipinski definition) is 1. The second-order valence-corrected chi connectivity index (χ2v) is 6.06. The van der Waals surface area contributed by atoms with Crippen molar-refractivity contribution in [2.75, 3.05) is 13.1 Å². The molecule has 1 atom stereocenters. The Hall–Kier alpha value is -1.06. The molecule has 1 unspecified atom stereocenters. The summed E-state index contributed by atoms with van der Waals surface area (Å²) in [7, 11) is 0. The number of rotatable bonds is 10. The fraction of sp³-hybridized carbons (Fsp3) is 0.875. The molecule has 1 aliphatic heterocycles. The van der Waals surface area contributed by atoms with Crippen LogP contribution in [0.15, 0.2) is 0 Å². The van der Waals surface area contributed by atoms with Crippen molar-refractivity contribution in [1.82, 2.24) is 4.90 Å². The first-order valence-electron chi connectivity index (χ1n) is 8.06. The lowest BCUT2D eigenvalue weighted by Crippen LogP contribution is -2.53. The summed E-state index contributed by atoms with van der Waals surface area (Å²) in [6.07, 6.45) is 9.14. The minimum absolute atomic E-state index is 0.144. The van der Waals surface area contributed by atoms with E-state index in [9.17, 15) is 9.59 Å². The Balaban J connectivity index is 2.01. The van der Waals surface area contributed by atoms with Gasteiger partial charge in [0.1, 0.15) is 0 Å². The van der Waals surface area contributed by atoms with Crippen LogP contribution in [0, 0.1) is 11.8 Å². The molecule has 0 radical (unpaired) electrons. The maximum atomic E-state index is 11.9. The third kappa shape index (κ3) is 5.51. The molecule has 0 aromatic carbocycles. The first-order chi connectivity index (χ1) is 9.56. The zero-order valence-electron chi connectivity index (χ0n) is 12.9. The Kier molecular flexibility index (Phi) is 7.63. The van der Waals surface area contributed by atoms with Crippen LogP contribution in [0.1, 0.15) is 65.2 Å². The Morgan fingerprint density at radius 2 is 1.65 bits per heavy atom. The Morgan fingerprint density at radius 1 is 1.10 bits per heavy atom. The Bertz CT molecular complexity index is 311. The molecular formula is C16H29NO3. The first kappa shape index (κ1) is 17.0. The van der Waals surface area contributed by atoms with E-state index in [0.29, 0.717) is 19.5 Å². The predicted octanol–water partition coefficient (Wildman–Crippen LogP) is 3.31. The minimum atomic E-state index is -0.755. The first-order valence-corrected chi connectivity index (χ1v) is 8.06. The van der Waals surface area contributed by atoms with Gasteiger partial charge in [-0.25, -0.2) is 0 Å². The van der Waals surface area contributed by atoms with Crippen LogP contribution in [0.3, 0.4) is 0 Å². The summed E-state index contributed by atoms with van der Waals surface area (Å²) in [5, 5.41) is 8.90. The van der Waals surface area contributed by atoms with Crippen LogP contribution in [0.2, 0.25) is 0 Å². The van der Waals surface area contributed by atoms with Crippen molar-refractivity contribution >= 4 is 11.9 Å². The summed E-state index contributed by atoms with van der Waals surface area (Å²) in [5.41, 5.74) is 0. The molecule has 1 fully saturated rings. The number of carboxylic acid groups (broad SMARTS) is 1. The van der Waals surface area contributed by atoms with E-state index in [1.54, 1.807) is 11.8 Å². The highest BCUT2D eigenvalue weighted by molar-refractivity contribution is 5.77. The average molecular weight is 283 g/mol. The molecule has 4 heteroatoms. The van der Waals surface area contributed by atoms with E-state index in [1.165, 1.54) is 32.1 Å². The molecule has 1 N–H and O–H groups in total. The summed E-state index contributed by atoms with van der Waals surface area (Å²) in [6.45, 7) is 5.20. The van der Waals surface area contributed by atoms with Gasteiger partial charge in [-0.1, -0.05) is 52.4 Å². The number of hydrogen-bond acceptors (Lipinski definition) is 2. The topological polar surface area (TPSA) is 57.6 Å². The molecular weight excluding hydrogens is 254 g/mol. The molecule has 4 nitrogen and oxygen atoms in total. The van der Waals surface area contributed by atoms with E-state index < -0.39 is 5.97 Å². The third-order valence-electron chi connectivity index (χ3n) is 4.35. The Labute approximate surface area is 122 Å². The van der Waals surface area contributed by atoms with Gasteiger partial charge in [-0.15, -0.1) is 0 Å². The summed E-state index contributed by atoms with van der Waals surface area (Å²) in [6, 6.07) is 0. The number of carbonyl (C=O) groups is 2. The van der Waals surface area contributed by atoms with Gasteiger partial charge in [0.15, 0.2) is 0 Å². The van der Waals surface area contributed by atoms with Gasteiger partial charge in [0.25, 0.3) is 0 Å². The molecule has 1 amide bonds. The molecule has 0 aromatic rings. The highest BCUT2D eigenvalue weighted by atomic mass is 16.4. The van der Waals surface area contributed by atoms with Crippen molar-refractivity contribution in [1.29, 1.82) is 0 Å². The summed E-state index contributed by atoms with van der Waals surface area (Å²) in [5.74, 6) is -0.746. The Morgan fingerprint density at radius 3 is 2.20 bits per heavy atom. The molecule has 0 spiro atoms. The third-order valence-corrected chi connectivity index (χ3v) is 4.35. The van der Waals surface area contributed by atoms with E-state index in [2.05, 4.69) is 6.92 Å². The molecule has 1 heterocycles. The van der Waals surface area contributed by atoms with Crippen LogP contribution >= 0.6 is 0 Å². The van der Waals surface area contributed by atoms with Gasteiger partial charge >= 0.3 is 5.97 Å². The van der Waals surface area contributed by atoms with Crippen molar-refractivity contribution in [2.24, 2.45) is 11.8 Å². The molecule has 20 heavy (non-hydrogen) atoms. The van der Waals surface area contributed by atoms with E-state index in [-0.39, 0.29) is 17.7 Å². The standard InChI is InChI=1S/C16H29NO3/c1-3-4-5-6-7-8-9-10-15(18)17-11-14(12-17)13(2)16(19)20/h13-14H,3-12H2,1-2H3,(H,19,20). The van der Waals surface area contributed by atoms with Crippen LogP contribution in [0.25, 0.3) is 0 Å². The largest absolute Gasteiger partial charge is 0.481 e. The zero-order chi connectivity index (χ0) is 15.0. The smallest absolute Gasteiger partial charge is 0.306 e. The molecule has 0 aliphatic carbocycles. The van der Waals surface area contributed by atoms with E-state index in [1.807, 2.05) is 0 Å². The average Bonchev–Trinajstić information content (AvgIpc) is 2.35. The van der Waals surface area contributed by atoms with Crippen molar-refractivity contribution in [3.63, 3.8) is 0 Å². The number of likely N-dealkylation sites (tertiary alicyclic amines) is 1. The van der Waals surface area contributed by atoms with Gasteiger partial charge in [-0.2, -0.15) is 0 Å². The van der Waals surface area contributed by atoms with Crippen LogP contribution in [-0.4, -0.2) is 35.0 Å². The number of carbonyl (C=O) groups excluding carboxylic acids is 1. The van der Waals surface area contributed by atoms with Crippen LogP contribution in [0.4, 0.5) is 0 Å². The summed E-state index contributed by atoms with van der Waals surface area (Å²) < 4.78 is 0. The maximum Gasteiger partial charge on any atom is 0.306 e. The van der Waals surface area contributed by atoms with Crippen LogP contribution in [-0.2, 0) is 9.59 Å². The van der Waals surface area contributed by atoms with E-state index >= 15 is 0 Å². The number of carboxylic acids is 1. The lowest BCUT2D eigenvalue weighted by atomic mass is 9.87. The van der Waals surface area contributed by atoms with Crippen molar-refractivity contribution in [2.45, 2.75) is 65.2 Å². The molecule has 0 bridgehead atoms. The lowest BCUT2D eigenvalue weighted by Gasteiger charge is -2.41. The van der Waals surface area contributed by atoms with Gasteiger partial charge in [-0.3, -0.25) is 9.59 Å². The van der Waals surface area contributed by atoms with Gasteiger partial charge in [0, 0.05) is 25.4 Å². The molecule has 116 valence electrons. The number of amides is 1. The monoisotopic (exact) mass is 283 g/mol. The van der Waals surface area contributed by atoms with Crippen LogP contribution in [0.5, 0.6) is 0 Å². The van der Waals surface area contributed by atoms with E-state index in [4.69, 9.17) is 5.11 Å². The quantitative estimate of drug-likeness (QED) is 0.626. The second kappa shape index (κ2) is 8.98. The van der Waals surface area contributed by atoms with E-state index in [0.717, 1.165) is 12.8 Å². The normalized spacial score (nSPS) is 16.8. The van der Waals surface area contributed by atoms with Gasteiger partial charge in [0.2, 0.25) is 5.91 Å². The maximum absolute atomic E-state index is 11.9. The minimum Gasteiger partial charge on any atom is -0.481 e. The fourth-order valence-electron chi connectivity index (χ4n) is 2.63. The molecule has 1 aliphatic rings.